The smallest absolute Gasteiger partial charge is 0.156 e. The maximum absolute atomic E-state index is 8.71. The molecule has 1 rings (SSSR count). The van der Waals surface area contributed by atoms with E-state index in [1.54, 1.807) is 0 Å². The Bertz CT molecular complexity index is 228. The van der Waals surface area contributed by atoms with Gasteiger partial charge in [-0.3, -0.25) is 4.90 Å². The maximum Gasteiger partial charge on any atom is 0.156 e. The normalized spacial score (nSPS) is 23.2. The van der Waals surface area contributed by atoms with Gasteiger partial charge in [0.2, 0.25) is 0 Å². The number of rotatable bonds is 6. The number of likely N-dealkylation sites (N-methyl/N-ethyl adjacent to an activating group) is 1. The summed E-state index contributed by atoms with van der Waals surface area (Å²) in [7, 11) is 0. The molecule has 1 fully saturated rings. The average Bonchev–Trinajstić information content (AvgIpc) is 2.77. The number of oxime groups is 1. The molecule has 1 saturated heterocycles. The molecule has 1 aliphatic heterocycles. The quantitative estimate of drug-likeness (QED) is 0.301. The van der Waals surface area contributed by atoms with Gasteiger partial charge in [0.15, 0.2) is 5.84 Å². The van der Waals surface area contributed by atoms with Crippen molar-refractivity contribution in [3.63, 3.8) is 0 Å². The highest BCUT2D eigenvalue weighted by molar-refractivity contribution is 5.85. The summed E-state index contributed by atoms with van der Waals surface area (Å²) in [6, 6.07) is 0.139. The predicted octanol–water partition coefficient (Wildman–Crippen LogP) is 0.539. The topological polar surface area (TPSA) is 65.1 Å². The lowest BCUT2D eigenvalue weighted by Crippen LogP contribution is -2.44. The van der Waals surface area contributed by atoms with Crippen LogP contribution in [-0.2, 0) is 0 Å². The van der Waals surface area contributed by atoms with Crippen molar-refractivity contribution in [1.29, 1.82) is 0 Å². The van der Waals surface area contributed by atoms with E-state index in [1.165, 1.54) is 0 Å². The third kappa shape index (κ3) is 3.35. The van der Waals surface area contributed by atoms with Crippen molar-refractivity contribution >= 4 is 5.84 Å². The zero-order valence-electron chi connectivity index (χ0n) is 10.4. The van der Waals surface area contributed by atoms with E-state index in [4.69, 9.17) is 10.9 Å². The number of amidine groups is 1. The molecule has 0 aliphatic carbocycles. The summed E-state index contributed by atoms with van der Waals surface area (Å²) < 4.78 is 0. The lowest BCUT2D eigenvalue weighted by atomic mass is 10.2. The van der Waals surface area contributed by atoms with Crippen LogP contribution in [0.25, 0.3) is 0 Å². The Morgan fingerprint density at radius 2 is 2.19 bits per heavy atom. The van der Waals surface area contributed by atoms with Crippen LogP contribution in [0, 0.1) is 0 Å². The highest BCUT2D eigenvalue weighted by atomic mass is 16.4. The van der Waals surface area contributed by atoms with E-state index >= 15 is 0 Å². The van der Waals surface area contributed by atoms with Gasteiger partial charge < -0.3 is 15.8 Å². The second-order valence-electron chi connectivity index (χ2n) is 4.25. The molecule has 1 atom stereocenters. The van der Waals surface area contributed by atoms with Crippen LogP contribution in [0.1, 0.15) is 26.7 Å². The van der Waals surface area contributed by atoms with Gasteiger partial charge in [-0.25, -0.2) is 0 Å². The lowest BCUT2D eigenvalue weighted by molar-refractivity contribution is 0.222. The molecule has 94 valence electrons. The van der Waals surface area contributed by atoms with Gasteiger partial charge in [0.25, 0.3) is 0 Å². The summed E-state index contributed by atoms with van der Waals surface area (Å²) in [5, 5.41) is 11.8. The molecule has 5 nitrogen and oxygen atoms in total. The average molecular weight is 228 g/mol. The molecule has 3 N–H and O–H groups in total. The molecule has 0 bridgehead atoms. The van der Waals surface area contributed by atoms with Crippen molar-refractivity contribution in [2.24, 2.45) is 10.9 Å². The Morgan fingerprint density at radius 3 is 2.75 bits per heavy atom. The minimum absolute atomic E-state index is 0.139. The van der Waals surface area contributed by atoms with Crippen LogP contribution in [0.3, 0.4) is 0 Å². The third-order valence-corrected chi connectivity index (χ3v) is 3.42. The van der Waals surface area contributed by atoms with Crippen LogP contribution < -0.4 is 5.73 Å². The van der Waals surface area contributed by atoms with Crippen molar-refractivity contribution in [2.45, 2.75) is 32.7 Å². The van der Waals surface area contributed by atoms with E-state index in [-0.39, 0.29) is 6.04 Å². The van der Waals surface area contributed by atoms with Crippen molar-refractivity contribution < 1.29 is 5.21 Å². The molecule has 0 aromatic heterocycles. The molecule has 0 amide bonds. The first-order valence-corrected chi connectivity index (χ1v) is 6.16. The Balaban J connectivity index is 2.41. The molecular weight excluding hydrogens is 204 g/mol. The molecule has 0 aromatic carbocycles. The molecule has 0 spiro atoms. The Labute approximate surface area is 97.9 Å². The molecule has 0 saturated carbocycles. The highest BCUT2D eigenvalue weighted by Gasteiger charge is 2.27. The van der Waals surface area contributed by atoms with Crippen molar-refractivity contribution in [2.75, 3.05) is 32.7 Å². The van der Waals surface area contributed by atoms with Gasteiger partial charge in [0.05, 0.1) is 6.04 Å². The number of nitrogens with zero attached hydrogens (tertiary/aromatic N) is 3. The van der Waals surface area contributed by atoms with E-state index in [2.05, 4.69) is 28.8 Å². The number of nitrogens with two attached hydrogens (primary N) is 1. The molecule has 0 aromatic rings. The van der Waals surface area contributed by atoms with Gasteiger partial charge in [0, 0.05) is 13.1 Å². The molecule has 5 heteroatoms. The summed E-state index contributed by atoms with van der Waals surface area (Å²) in [5.74, 6) is 0.358. The van der Waals surface area contributed by atoms with Crippen LogP contribution >= 0.6 is 0 Å². The largest absolute Gasteiger partial charge is 0.409 e. The zero-order chi connectivity index (χ0) is 12.0. The fourth-order valence-electron chi connectivity index (χ4n) is 2.31. The van der Waals surface area contributed by atoms with Gasteiger partial charge in [-0.15, -0.1) is 0 Å². The lowest BCUT2D eigenvalue weighted by Gasteiger charge is -2.26. The molecular formula is C11H24N4O. The van der Waals surface area contributed by atoms with E-state index in [0.29, 0.717) is 5.84 Å². The monoisotopic (exact) mass is 228 g/mol. The van der Waals surface area contributed by atoms with Crippen molar-refractivity contribution in [3.8, 4) is 0 Å². The van der Waals surface area contributed by atoms with Gasteiger partial charge in [-0.1, -0.05) is 19.0 Å². The van der Waals surface area contributed by atoms with Crippen LogP contribution in [-0.4, -0.2) is 59.6 Å². The molecule has 0 radical (unpaired) electrons. The predicted molar refractivity (Wildman–Crippen MR) is 65.8 cm³/mol. The fourth-order valence-corrected chi connectivity index (χ4v) is 2.31. The number of hydrogen-bond acceptors (Lipinski definition) is 4. The Morgan fingerprint density at radius 1 is 1.50 bits per heavy atom. The third-order valence-electron chi connectivity index (χ3n) is 3.42. The first kappa shape index (κ1) is 13.3. The van der Waals surface area contributed by atoms with Crippen LogP contribution in [0.2, 0.25) is 0 Å². The number of likely N-dealkylation sites (tertiary alicyclic amines) is 1. The fraction of sp³-hybridized carbons (Fsp3) is 0.909. The van der Waals surface area contributed by atoms with E-state index in [1.807, 2.05) is 0 Å². The first-order chi connectivity index (χ1) is 7.72. The van der Waals surface area contributed by atoms with Gasteiger partial charge in [-0.05, 0) is 32.5 Å². The summed E-state index contributed by atoms with van der Waals surface area (Å²) in [5.41, 5.74) is 5.68. The highest BCUT2D eigenvalue weighted by Crippen LogP contribution is 2.16. The van der Waals surface area contributed by atoms with Crippen LogP contribution in [0.5, 0.6) is 0 Å². The van der Waals surface area contributed by atoms with Crippen molar-refractivity contribution in [1.82, 2.24) is 9.80 Å². The van der Waals surface area contributed by atoms with E-state index in [9.17, 15) is 0 Å². The molecule has 1 unspecified atom stereocenters. The van der Waals surface area contributed by atoms with Crippen LogP contribution in [0.4, 0.5) is 0 Å². The Hall–Kier alpha value is -0.810. The second kappa shape index (κ2) is 6.70. The Kier molecular flexibility index (Phi) is 5.55. The SMILES string of the molecule is CCN(CC)CCN1CCCC1C(N)=NO. The first-order valence-electron chi connectivity index (χ1n) is 6.16. The molecule has 1 heterocycles. The second-order valence-corrected chi connectivity index (χ2v) is 4.25. The van der Waals surface area contributed by atoms with Gasteiger partial charge in [-0.2, -0.15) is 0 Å². The summed E-state index contributed by atoms with van der Waals surface area (Å²) in [4.78, 5) is 4.70. The van der Waals surface area contributed by atoms with E-state index in [0.717, 1.165) is 45.6 Å². The summed E-state index contributed by atoms with van der Waals surface area (Å²) in [6.07, 6.45) is 2.15. The maximum atomic E-state index is 8.71. The summed E-state index contributed by atoms with van der Waals surface area (Å²) in [6.45, 7) is 9.63. The molecule has 1 aliphatic rings. The summed E-state index contributed by atoms with van der Waals surface area (Å²) >= 11 is 0. The van der Waals surface area contributed by atoms with E-state index < -0.39 is 0 Å². The minimum Gasteiger partial charge on any atom is -0.409 e. The number of hydrogen-bond donors (Lipinski definition) is 2. The van der Waals surface area contributed by atoms with Crippen molar-refractivity contribution in [3.05, 3.63) is 0 Å². The van der Waals surface area contributed by atoms with Crippen LogP contribution in [0.15, 0.2) is 5.16 Å². The van der Waals surface area contributed by atoms with Gasteiger partial charge in [0.1, 0.15) is 0 Å². The van der Waals surface area contributed by atoms with Gasteiger partial charge >= 0.3 is 0 Å². The zero-order valence-corrected chi connectivity index (χ0v) is 10.4. The molecule has 16 heavy (non-hydrogen) atoms. The standard InChI is InChI=1S/C11H24N4O/c1-3-14(4-2)8-9-15-7-5-6-10(15)11(12)13-16/h10,16H,3-9H2,1-2H3,(H2,12,13). The minimum atomic E-state index is 0.139.